The van der Waals surface area contributed by atoms with E-state index >= 15 is 0 Å². The fourth-order valence-corrected chi connectivity index (χ4v) is 4.95. The number of hydrogen-bond donors (Lipinski definition) is 0. The average Bonchev–Trinajstić information content (AvgIpc) is 3.48. The van der Waals surface area contributed by atoms with Crippen LogP contribution in [0.4, 0.5) is 5.69 Å². The minimum Gasteiger partial charge on any atom is -0.495 e. The van der Waals surface area contributed by atoms with Crippen LogP contribution in [0.2, 0.25) is 0 Å². The summed E-state index contributed by atoms with van der Waals surface area (Å²) in [5.74, 6) is 0.669. The van der Waals surface area contributed by atoms with Gasteiger partial charge in [-0.25, -0.2) is 0 Å². The van der Waals surface area contributed by atoms with Gasteiger partial charge in [-0.05, 0) is 36.9 Å². The van der Waals surface area contributed by atoms with Crippen molar-refractivity contribution >= 4 is 23.0 Å². The second-order valence-corrected chi connectivity index (χ2v) is 8.66. The summed E-state index contributed by atoms with van der Waals surface area (Å²) in [7, 11) is 1.72. The number of benzene rings is 1. The van der Waals surface area contributed by atoms with Crippen molar-refractivity contribution in [2.45, 2.75) is 19.9 Å². The van der Waals surface area contributed by atoms with Crippen LogP contribution in [0.5, 0.6) is 5.75 Å². The smallest absolute Gasteiger partial charge is 0.327 e. The molecule has 2 aromatic heterocycles. The summed E-state index contributed by atoms with van der Waals surface area (Å²) in [6.07, 6.45) is 2.80. The van der Waals surface area contributed by atoms with Crippen LogP contribution in [0, 0.1) is 0 Å². The molecule has 3 aromatic rings. The van der Waals surface area contributed by atoms with E-state index < -0.39 is 0 Å². The van der Waals surface area contributed by atoms with Gasteiger partial charge in [-0.2, -0.15) is 5.10 Å². The van der Waals surface area contributed by atoms with Gasteiger partial charge in [-0.1, -0.05) is 18.2 Å². The number of piperazine rings is 1. The Morgan fingerprint density at radius 2 is 1.94 bits per heavy atom. The van der Waals surface area contributed by atoms with Crippen molar-refractivity contribution in [2.75, 3.05) is 51.3 Å². The highest BCUT2D eigenvalue weighted by Crippen LogP contribution is 2.30. The van der Waals surface area contributed by atoms with Crippen LogP contribution < -0.4 is 9.64 Å². The molecule has 3 heterocycles. The maximum absolute atomic E-state index is 12.0. The van der Waals surface area contributed by atoms with E-state index in [1.165, 1.54) is 5.56 Å². The molecule has 0 unspecified atom stereocenters. The Bertz CT molecular complexity index is 1010. The zero-order chi connectivity index (χ0) is 22.3. The van der Waals surface area contributed by atoms with Crippen molar-refractivity contribution in [1.29, 1.82) is 0 Å². The second-order valence-electron chi connectivity index (χ2n) is 7.71. The molecule has 1 aliphatic rings. The number of carbonyl (C=O) groups excluding carboxylic acids is 1. The topological polar surface area (TPSA) is 59.8 Å². The maximum Gasteiger partial charge on any atom is 0.327 e. The van der Waals surface area contributed by atoms with Gasteiger partial charge in [0.25, 0.3) is 0 Å². The summed E-state index contributed by atoms with van der Waals surface area (Å²) < 4.78 is 12.4. The summed E-state index contributed by atoms with van der Waals surface area (Å²) in [4.78, 5) is 18.1. The minimum absolute atomic E-state index is 0.138. The number of carbonyl (C=O) groups is 1. The molecule has 1 fully saturated rings. The van der Waals surface area contributed by atoms with Crippen LogP contribution in [0.15, 0.2) is 48.0 Å². The van der Waals surface area contributed by atoms with E-state index in [-0.39, 0.29) is 12.5 Å². The molecule has 0 bridgehead atoms. The number of nitrogens with zero attached hydrogens (tertiary/aromatic N) is 4. The molecule has 7 nitrogen and oxygen atoms in total. The molecule has 0 N–H and O–H groups in total. The summed E-state index contributed by atoms with van der Waals surface area (Å²) in [6, 6.07) is 12.3. The molecule has 170 valence electrons. The van der Waals surface area contributed by atoms with Gasteiger partial charge in [0, 0.05) is 38.3 Å². The Morgan fingerprint density at radius 1 is 1.12 bits per heavy atom. The Balaban J connectivity index is 1.39. The van der Waals surface area contributed by atoms with E-state index in [9.17, 15) is 4.79 Å². The third-order valence-corrected chi connectivity index (χ3v) is 6.63. The van der Waals surface area contributed by atoms with Gasteiger partial charge >= 0.3 is 5.97 Å². The van der Waals surface area contributed by atoms with Crippen molar-refractivity contribution in [3.05, 3.63) is 53.5 Å². The zero-order valence-electron chi connectivity index (χ0n) is 18.7. The Kier molecular flexibility index (Phi) is 7.44. The van der Waals surface area contributed by atoms with Crippen molar-refractivity contribution in [2.24, 2.45) is 0 Å². The first-order chi connectivity index (χ1) is 15.7. The molecule has 32 heavy (non-hydrogen) atoms. The molecule has 0 amide bonds. The number of rotatable bonds is 9. The zero-order valence-corrected chi connectivity index (χ0v) is 19.5. The fourth-order valence-electron chi connectivity index (χ4n) is 4.14. The largest absolute Gasteiger partial charge is 0.495 e. The Labute approximate surface area is 193 Å². The van der Waals surface area contributed by atoms with Crippen LogP contribution in [0.1, 0.15) is 12.5 Å². The molecule has 0 aliphatic carbocycles. The third kappa shape index (κ3) is 5.14. The van der Waals surface area contributed by atoms with Crippen LogP contribution in [0.25, 0.3) is 10.6 Å². The lowest BCUT2D eigenvalue weighted by Crippen LogP contribution is -2.47. The summed E-state index contributed by atoms with van der Waals surface area (Å²) in [5.41, 5.74) is 3.36. The van der Waals surface area contributed by atoms with Gasteiger partial charge in [0.05, 0.1) is 36.2 Å². The first kappa shape index (κ1) is 22.4. The number of esters is 1. The normalized spacial score (nSPS) is 14.5. The fraction of sp³-hybridized carbons (Fsp3) is 0.417. The Hall–Kier alpha value is -2.84. The maximum atomic E-state index is 12.0. The van der Waals surface area contributed by atoms with Crippen molar-refractivity contribution in [1.82, 2.24) is 14.7 Å². The summed E-state index contributed by atoms with van der Waals surface area (Å²) in [6.45, 7) is 7.25. The number of aromatic nitrogens is 2. The lowest BCUT2D eigenvalue weighted by molar-refractivity contribution is -0.144. The van der Waals surface area contributed by atoms with Gasteiger partial charge in [0.2, 0.25) is 0 Å². The van der Waals surface area contributed by atoms with E-state index in [4.69, 9.17) is 9.47 Å². The molecular formula is C24H30N4O3S. The lowest BCUT2D eigenvalue weighted by Gasteiger charge is -2.36. The van der Waals surface area contributed by atoms with E-state index in [2.05, 4.69) is 38.5 Å². The van der Waals surface area contributed by atoms with Gasteiger partial charge < -0.3 is 14.4 Å². The monoisotopic (exact) mass is 454 g/mol. The van der Waals surface area contributed by atoms with Crippen LogP contribution in [-0.2, 0) is 22.5 Å². The van der Waals surface area contributed by atoms with Crippen LogP contribution in [-0.4, -0.2) is 67.1 Å². The molecule has 4 rings (SSSR count). The Morgan fingerprint density at radius 3 is 2.66 bits per heavy atom. The third-order valence-electron chi connectivity index (χ3n) is 5.75. The number of para-hydroxylation sites is 2. The van der Waals surface area contributed by atoms with Crippen LogP contribution in [0.3, 0.4) is 0 Å². The molecule has 0 saturated carbocycles. The standard InChI is InChI=1S/C24H30N4O3S/c1-3-31-23(29)18-28-24(22-9-6-16-32-22)19(17-25-28)10-11-26-12-14-27(15-13-26)20-7-4-5-8-21(20)30-2/h4-9,16-17H,3,10-15,18H2,1-2H3. The van der Waals surface area contributed by atoms with Gasteiger partial charge in [-0.3, -0.25) is 14.4 Å². The number of ether oxygens (including phenoxy) is 2. The quantitative estimate of drug-likeness (QED) is 0.461. The number of hydrogen-bond acceptors (Lipinski definition) is 7. The van der Waals surface area contributed by atoms with E-state index in [0.29, 0.717) is 6.61 Å². The second kappa shape index (κ2) is 10.7. The number of thiophene rings is 1. The first-order valence-electron chi connectivity index (χ1n) is 11.0. The summed E-state index contributed by atoms with van der Waals surface area (Å²) in [5, 5.41) is 6.56. The van der Waals surface area contributed by atoms with E-state index in [1.807, 2.05) is 31.3 Å². The van der Waals surface area contributed by atoms with Crippen molar-refractivity contribution in [3.8, 4) is 16.3 Å². The molecule has 0 spiro atoms. The van der Waals surface area contributed by atoms with Gasteiger partial charge in [0.15, 0.2) is 0 Å². The van der Waals surface area contributed by atoms with Gasteiger partial charge in [0.1, 0.15) is 12.3 Å². The first-order valence-corrected chi connectivity index (χ1v) is 11.9. The minimum atomic E-state index is -0.257. The van der Waals surface area contributed by atoms with Crippen molar-refractivity contribution in [3.63, 3.8) is 0 Å². The van der Waals surface area contributed by atoms with E-state index in [1.54, 1.807) is 23.1 Å². The summed E-state index contributed by atoms with van der Waals surface area (Å²) >= 11 is 1.67. The molecular weight excluding hydrogens is 424 g/mol. The van der Waals surface area contributed by atoms with Gasteiger partial charge in [-0.15, -0.1) is 11.3 Å². The van der Waals surface area contributed by atoms with E-state index in [0.717, 1.165) is 61.2 Å². The molecule has 1 saturated heterocycles. The molecule has 1 aliphatic heterocycles. The molecule has 8 heteroatoms. The predicted octanol–water partition coefficient (Wildman–Crippen LogP) is 3.55. The van der Waals surface area contributed by atoms with Crippen LogP contribution >= 0.6 is 11.3 Å². The molecule has 0 atom stereocenters. The highest BCUT2D eigenvalue weighted by atomic mass is 32.1. The lowest BCUT2D eigenvalue weighted by atomic mass is 10.1. The highest BCUT2D eigenvalue weighted by molar-refractivity contribution is 7.13. The number of methoxy groups -OCH3 is 1. The van der Waals surface area contributed by atoms with Crippen molar-refractivity contribution < 1.29 is 14.3 Å². The number of anilines is 1. The highest BCUT2D eigenvalue weighted by Gasteiger charge is 2.21. The molecule has 0 radical (unpaired) electrons. The average molecular weight is 455 g/mol. The predicted molar refractivity (Wildman–Crippen MR) is 128 cm³/mol. The molecule has 1 aromatic carbocycles. The SMILES string of the molecule is CCOC(=O)Cn1ncc(CCN2CCN(c3ccccc3OC)CC2)c1-c1cccs1.